The van der Waals surface area contributed by atoms with Gasteiger partial charge in [0, 0.05) is 25.4 Å². The van der Waals surface area contributed by atoms with Crippen molar-refractivity contribution in [2.45, 2.75) is 33.6 Å². The Kier molecular flexibility index (Phi) is 7.10. The van der Waals surface area contributed by atoms with Gasteiger partial charge in [0.2, 0.25) is 5.91 Å². The van der Waals surface area contributed by atoms with Crippen molar-refractivity contribution in [3.63, 3.8) is 0 Å². The van der Waals surface area contributed by atoms with Crippen molar-refractivity contribution in [1.29, 1.82) is 0 Å². The highest BCUT2D eigenvalue weighted by Crippen LogP contribution is 2.18. The zero-order chi connectivity index (χ0) is 15.0. The molecule has 1 aliphatic rings. The molecular weight excluding hydrogens is 254 g/mol. The van der Waals surface area contributed by atoms with E-state index in [1.165, 1.54) is 0 Å². The van der Waals surface area contributed by atoms with Crippen LogP contribution in [0.3, 0.4) is 0 Å². The summed E-state index contributed by atoms with van der Waals surface area (Å²) in [6.45, 7) is 9.16. The van der Waals surface area contributed by atoms with E-state index in [9.17, 15) is 4.79 Å². The van der Waals surface area contributed by atoms with Gasteiger partial charge in [0.25, 0.3) is 0 Å². The number of likely N-dealkylation sites (tertiary alicyclic amines) is 1. The van der Waals surface area contributed by atoms with E-state index in [1.807, 2.05) is 13.8 Å². The molecular formula is C15H25N3O2. The van der Waals surface area contributed by atoms with Crippen LogP contribution in [0.4, 0.5) is 0 Å². The number of nitrogens with two attached hydrogens (primary N) is 1. The molecule has 1 aliphatic heterocycles. The van der Waals surface area contributed by atoms with Gasteiger partial charge in [0.05, 0.1) is 0 Å². The van der Waals surface area contributed by atoms with Crippen molar-refractivity contribution in [3.8, 4) is 11.8 Å². The van der Waals surface area contributed by atoms with Gasteiger partial charge in [-0.2, -0.15) is 0 Å². The summed E-state index contributed by atoms with van der Waals surface area (Å²) in [6, 6.07) is 0. The normalized spacial score (nSPS) is 19.8. The molecule has 5 nitrogen and oxygen atoms in total. The number of rotatable bonds is 7. The number of nitrogens with zero attached hydrogens (tertiary/aromatic N) is 2. The molecule has 0 bridgehead atoms. The van der Waals surface area contributed by atoms with Gasteiger partial charge in [-0.1, -0.05) is 24.9 Å². The monoisotopic (exact) mass is 279 g/mol. The number of carbonyl (C=O) groups excluding carboxylic acids is 1. The highest BCUT2D eigenvalue weighted by Gasteiger charge is 2.23. The fraction of sp³-hybridized carbons (Fsp3) is 0.733. The van der Waals surface area contributed by atoms with Gasteiger partial charge in [-0.3, -0.25) is 9.69 Å². The van der Waals surface area contributed by atoms with E-state index < -0.39 is 0 Å². The maximum absolute atomic E-state index is 10.9. The average Bonchev–Trinajstić information content (AvgIpc) is 2.79. The molecule has 5 heteroatoms. The average molecular weight is 279 g/mol. The first-order chi connectivity index (χ1) is 9.52. The largest absolute Gasteiger partial charge is 0.394 e. The van der Waals surface area contributed by atoms with E-state index in [4.69, 9.17) is 10.6 Å². The van der Waals surface area contributed by atoms with Gasteiger partial charge in [0.1, 0.15) is 12.3 Å². The van der Waals surface area contributed by atoms with Gasteiger partial charge >= 0.3 is 0 Å². The molecule has 1 fully saturated rings. The van der Waals surface area contributed by atoms with Crippen molar-refractivity contribution in [3.05, 3.63) is 0 Å². The van der Waals surface area contributed by atoms with E-state index in [0.717, 1.165) is 31.8 Å². The van der Waals surface area contributed by atoms with Crippen molar-refractivity contribution in [2.75, 3.05) is 26.2 Å². The van der Waals surface area contributed by atoms with E-state index in [0.29, 0.717) is 18.9 Å². The Morgan fingerprint density at radius 1 is 1.55 bits per heavy atom. The zero-order valence-electron chi connectivity index (χ0n) is 12.7. The number of hydrogen-bond acceptors (Lipinski definition) is 4. The summed E-state index contributed by atoms with van der Waals surface area (Å²) in [5.41, 5.74) is 5.99. The molecule has 0 aromatic carbocycles. The van der Waals surface area contributed by atoms with E-state index >= 15 is 0 Å². The molecule has 2 N–H and O–H groups in total. The molecule has 112 valence electrons. The molecule has 20 heavy (non-hydrogen) atoms. The Labute approximate surface area is 121 Å². The van der Waals surface area contributed by atoms with Crippen molar-refractivity contribution in [1.82, 2.24) is 4.90 Å². The van der Waals surface area contributed by atoms with Gasteiger partial charge in [-0.25, -0.2) is 0 Å². The highest BCUT2D eigenvalue weighted by atomic mass is 16.6. The summed E-state index contributed by atoms with van der Waals surface area (Å²) in [5, 5.41) is 4.08. The number of hydrogen-bond donors (Lipinski definition) is 1. The van der Waals surface area contributed by atoms with Crippen LogP contribution in [-0.4, -0.2) is 42.8 Å². The third-order valence-electron chi connectivity index (χ3n) is 3.32. The molecule has 0 saturated carbocycles. The van der Waals surface area contributed by atoms with Gasteiger partial charge in [0.15, 0.2) is 0 Å². The molecule has 0 spiro atoms. The van der Waals surface area contributed by atoms with Crippen LogP contribution in [0.15, 0.2) is 5.16 Å². The van der Waals surface area contributed by atoms with Gasteiger partial charge < -0.3 is 10.6 Å². The summed E-state index contributed by atoms with van der Waals surface area (Å²) in [4.78, 5) is 18.5. The van der Waals surface area contributed by atoms with Crippen LogP contribution in [0.2, 0.25) is 0 Å². The number of oxime groups is 1. The van der Waals surface area contributed by atoms with E-state index in [1.54, 1.807) is 6.92 Å². The van der Waals surface area contributed by atoms with Crippen LogP contribution in [0, 0.1) is 23.7 Å². The number of primary amides is 1. The van der Waals surface area contributed by atoms with Crippen LogP contribution in [0.25, 0.3) is 0 Å². The van der Waals surface area contributed by atoms with Crippen LogP contribution >= 0.6 is 0 Å². The molecule has 1 saturated heterocycles. The summed E-state index contributed by atoms with van der Waals surface area (Å²) in [5.74, 6) is 6.25. The minimum absolute atomic E-state index is 0.211. The second-order valence-corrected chi connectivity index (χ2v) is 5.47. The molecule has 0 unspecified atom stereocenters. The lowest BCUT2D eigenvalue weighted by atomic mass is 10.1. The molecule has 1 rings (SSSR count). The number of amides is 1. The van der Waals surface area contributed by atoms with Crippen LogP contribution in [-0.2, 0) is 9.63 Å². The standard InChI is InChI=1S/C15H25N3O2/c1-4-5-14(12(2)3)17-20-9-8-18-7-6-13(11-18)10-15(16)19/h12-13H,6-11H2,1-3H3,(H2,16,19)/b17-14+/t13-/m0/s1. The van der Waals surface area contributed by atoms with Crippen LogP contribution in [0.5, 0.6) is 0 Å². The third-order valence-corrected chi connectivity index (χ3v) is 3.32. The fourth-order valence-electron chi connectivity index (χ4n) is 2.25. The minimum Gasteiger partial charge on any atom is -0.394 e. The first-order valence-corrected chi connectivity index (χ1v) is 7.16. The minimum atomic E-state index is -0.211. The maximum atomic E-state index is 10.9. The lowest BCUT2D eigenvalue weighted by Crippen LogP contribution is -2.26. The van der Waals surface area contributed by atoms with E-state index in [-0.39, 0.29) is 11.8 Å². The molecule has 1 atom stereocenters. The zero-order valence-corrected chi connectivity index (χ0v) is 12.7. The first-order valence-electron chi connectivity index (χ1n) is 7.16. The lowest BCUT2D eigenvalue weighted by molar-refractivity contribution is -0.118. The van der Waals surface area contributed by atoms with Gasteiger partial charge in [-0.05, 0) is 31.7 Å². The van der Waals surface area contributed by atoms with Crippen LogP contribution in [0.1, 0.15) is 33.6 Å². The van der Waals surface area contributed by atoms with Crippen molar-refractivity contribution >= 4 is 11.6 Å². The van der Waals surface area contributed by atoms with E-state index in [2.05, 4.69) is 21.9 Å². The molecule has 0 aromatic rings. The first kappa shape index (κ1) is 16.5. The SMILES string of the molecule is CC#C/C(=N\OCCN1CC[C@@H](CC(N)=O)C1)C(C)C. The fourth-order valence-corrected chi connectivity index (χ4v) is 2.25. The Balaban J connectivity index is 2.26. The lowest BCUT2D eigenvalue weighted by Gasteiger charge is -2.14. The summed E-state index contributed by atoms with van der Waals surface area (Å²) in [7, 11) is 0. The predicted octanol–water partition coefficient (Wildman–Crippen LogP) is 1.24. The van der Waals surface area contributed by atoms with Crippen LogP contribution < -0.4 is 5.73 Å². The molecule has 0 aliphatic carbocycles. The smallest absolute Gasteiger partial charge is 0.217 e. The Bertz CT molecular complexity index is 407. The summed E-state index contributed by atoms with van der Waals surface area (Å²) < 4.78 is 0. The molecule has 0 radical (unpaired) electrons. The Morgan fingerprint density at radius 3 is 2.90 bits per heavy atom. The van der Waals surface area contributed by atoms with Crippen molar-refractivity contribution < 1.29 is 9.63 Å². The maximum Gasteiger partial charge on any atom is 0.217 e. The predicted molar refractivity (Wildman–Crippen MR) is 80.0 cm³/mol. The quantitative estimate of drug-likeness (QED) is 0.330. The Hall–Kier alpha value is -1.54. The summed E-state index contributed by atoms with van der Waals surface area (Å²) >= 11 is 0. The molecule has 1 amide bonds. The van der Waals surface area contributed by atoms with Crippen molar-refractivity contribution in [2.24, 2.45) is 22.7 Å². The molecule has 0 aromatic heterocycles. The third kappa shape index (κ3) is 6.07. The second kappa shape index (κ2) is 8.60. The second-order valence-electron chi connectivity index (χ2n) is 5.47. The van der Waals surface area contributed by atoms with Gasteiger partial charge in [-0.15, -0.1) is 0 Å². The highest BCUT2D eigenvalue weighted by molar-refractivity contribution is 6.01. The topological polar surface area (TPSA) is 67.9 Å². The number of carbonyl (C=O) groups is 1. The summed E-state index contributed by atoms with van der Waals surface area (Å²) in [6.07, 6.45) is 1.52. The molecule has 1 heterocycles. The Morgan fingerprint density at radius 2 is 2.30 bits per heavy atom.